The lowest BCUT2D eigenvalue weighted by Gasteiger charge is -2.27. The Balaban J connectivity index is 1.55. The molecule has 3 aliphatic rings. The number of rotatable bonds is 2. The molecule has 0 N–H and O–H groups in total. The van der Waals surface area contributed by atoms with Gasteiger partial charge in [0.25, 0.3) is 0 Å². The summed E-state index contributed by atoms with van der Waals surface area (Å²) in [5.41, 5.74) is -1.29. The van der Waals surface area contributed by atoms with Gasteiger partial charge in [0, 0.05) is 15.6 Å². The molecular weight excluding hydrogens is 505 g/mol. The highest BCUT2D eigenvalue weighted by Gasteiger charge is 2.74. The zero-order chi connectivity index (χ0) is 23.8. The molecule has 0 saturated carbocycles. The van der Waals surface area contributed by atoms with Crippen LogP contribution in [0.5, 0.6) is 0 Å². The van der Waals surface area contributed by atoms with E-state index >= 15 is 0 Å². The first-order valence-electron chi connectivity index (χ1n) is 10.6. The van der Waals surface area contributed by atoms with Crippen molar-refractivity contribution >= 4 is 45.0 Å². The molecule has 2 heterocycles. The van der Waals surface area contributed by atoms with Crippen LogP contribution in [0.2, 0.25) is 0 Å². The van der Waals surface area contributed by atoms with Crippen LogP contribution in [0.4, 0.5) is 10.1 Å². The number of carbonyl (C=O) groups is 4. The van der Waals surface area contributed by atoms with E-state index in [1.807, 2.05) is 0 Å². The highest BCUT2D eigenvalue weighted by atomic mass is 79.9. The van der Waals surface area contributed by atoms with Gasteiger partial charge < -0.3 is 4.74 Å². The van der Waals surface area contributed by atoms with Gasteiger partial charge in [-0.15, -0.1) is 0 Å². The van der Waals surface area contributed by atoms with Crippen molar-refractivity contribution in [3.63, 3.8) is 0 Å². The van der Waals surface area contributed by atoms with Crippen LogP contribution in [0.25, 0.3) is 0 Å². The molecule has 34 heavy (non-hydrogen) atoms. The molecule has 6 rings (SSSR count). The lowest BCUT2D eigenvalue weighted by Crippen LogP contribution is -2.51. The number of fused-ring (bicyclic) bond motifs is 3. The second-order valence-corrected chi connectivity index (χ2v) is 9.44. The molecule has 2 saturated heterocycles. The van der Waals surface area contributed by atoms with Gasteiger partial charge in [-0.25, -0.2) is 9.29 Å². The number of hydrogen-bond donors (Lipinski definition) is 0. The molecule has 0 bridgehead atoms. The highest BCUT2D eigenvalue weighted by Crippen LogP contribution is 2.57. The number of hydrogen-bond acceptors (Lipinski definition) is 5. The number of carbonyl (C=O) groups excluding carboxylic acids is 4. The Morgan fingerprint density at radius 1 is 0.824 bits per heavy atom. The summed E-state index contributed by atoms with van der Waals surface area (Å²) >= 11 is 3.33. The maximum absolute atomic E-state index is 14.1. The molecule has 2 fully saturated rings. The largest absolute Gasteiger partial charge is 0.349 e. The highest BCUT2D eigenvalue weighted by molar-refractivity contribution is 9.10. The Morgan fingerprint density at radius 3 is 2.09 bits per heavy atom. The molecule has 1 aliphatic carbocycles. The maximum Gasteiger partial charge on any atom is 0.241 e. The molecule has 0 radical (unpaired) electrons. The molecule has 6 nitrogen and oxygen atoms in total. The molecule has 2 amide bonds. The lowest BCUT2D eigenvalue weighted by molar-refractivity contribution is -0.127. The van der Waals surface area contributed by atoms with Crippen molar-refractivity contribution in [2.75, 3.05) is 4.90 Å². The van der Waals surface area contributed by atoms with E-state index in [-0.39, 0.29) is 16.7 Å². The normalized spacial score (nSPS) is 24.8. The summed E-state index contributed by atoms with van der Waals surface area (Å²) in [6.45, 7) is 0. The molecule has 1 spiro atoms. The summed E-state index contributed by atoms with van der Waals surface area (Å²) in [6.07, 6.45) is -1.15. The van der Waals surface area contributed by atoms with Crippen molar-refractivity contribution in [2.45, 2.75) is 11.7 Å². The number of amides is 2. The molecule has 2 aliphatic heterocycles. The van der Waals surface area contributed by atoms with Crippen LogP contribution in [0, 0.1) is 17.7 Å². The van der Waals surface area contributed by atoms with E-state index < -0.39 is 52.7 Å². The summed E-state index contributed by atoms with van der Waals surface area (Å²) in [5, 5.41) is 0. The molecule has 168 valence electrons. The summed E-state index contributed by atoms with van der Waals surface area (Å²) in [5.74, 6) is -5.69. The summed E-state index contributed by atoms with van der Waals surface area (Å²) in [6, 6.07) is 18.3. The first-order chi connectivity index (χ1) is 16.3. The number of ether oxygens (including phenoxy) is 1. The minimum atomic E-state index is -2.18. The van der Waals surface area contributed by atoms with Gasteiger partial charge in [0.15, 0.2) is 0 Å². The van der Waals surface area contributed by atoms with Gasteiger partial charge in [-0.1, -0.05) is 52.3 Å². The number of benzene rings is 3. The van der Waals surface area contributed by atoms with Gasteiger partial charge in [0.1, 0.15) is 5.82 Å². The van der Waals surface area contributed by atoms with E-state index in [0.717, 1.165) is 9.37 Å². The Bertz CT molecular complexity index is 1380. The zero-order valence-corrected chi connectivity index (χ0v) is 19.0. The number of anilines is 1. The van der Waals surface area contributed by atoms with Crippen LogP contribution in [-0.4, -0.2) is 29.0 Å². The monoisotopic (exact) mass is 519 g/mol. The lowest BCUT2D eigenvalue weighted by atomic mass is 9.77. The van der Waals surface area contributed by atoms with E-state index in [1.165, 1.54) is 30.3 Å². The summed E-state index contributed by atoms with van der Waals surface area (Å²) in [4.78, 5) is 55.7. The average molecular weight is 520 g/mol. The Hall–Kier alpha value is -3.49. The van der Waals surface area contributed by atoms with E-state index in [0.29, 0.717) is 5.69 Å². The van der Waals surface area contributed by atoms with Gasteiger partial charge in [-0.05, 0) is 42.0 Å². The number of imide groups is 1. The summed E-state index contributed by atoms with van der Waals surface area (Å²) in [7, 11) is 0. The Kier molecular flexibility index (Phi) is 4.49. The molecular formula is C26H15BrFNO5. The van der Waals surface area contributed by atoms with Crippen molar-refractivity contribution in [3.05, 3.63) is 99.8 Å². The smallest absolute Gasteiger partial charge is 0.241 e. The third-order valence-corrected chi connectivity index (χ3v) is 7.31. The Labute approximate surface area is 201 Å². The number of ketones is 2. The first kappa shape index (κ1) is 21.1. The predicted octanol–water partition coefficient (Wildman–Crippen LogP) is 4.28. The minimum Gasteiger partial charge on any atom is -0.349 e. The van der Waals surface area contributed by atoms with Gasteiger partial charge >= 0.3 is 0 Å². The molecule has 3 aromatic carbocycles. The van der Waals surface area contributed by atoms with Crippen molar-refractivity contribution in [1.29, 1.82) is 0 Å². The summed E-state index contributed by atoms with van der Waals surface area (Å²) < 4.78 is 21.0. The minimum absolute atomic E-state index is 0.147. The van der Waals surface area contributed by atoms with Crippen LogP contribution in [0.3, 0.4) is 0 Å². The fourth-order valence-corrected chi connectivity index (χ4v) is 5.61. The standard InChI is InChI=1S/C26H15BrFNO5/c27-14-8-10-16(11-9-14)29-24(32)19-20(25(29)33)26(34-21(19)13-4-3-5-15(28)12-13)22(30)17-6-1-2-7-18(17)23(26)31/h1-12,19-21H/t19-,20+,21-/m0/s1. The van der Waals surface area contributed by atoms with E-state index in [4.69, 9.17) is 4.74 Å². The van der Waals surface area contributed by atoms with Crippen LogP contribution < -0.4 is 4.90 Å². The van der Waals surface area contributed by atoms with Crippen LogP contribution in [-0.2, 0) is 14.3 Å². The third-order valence-electron chi connectivity index (χ3n) is 6.78. The van der Waals surface area contributed by atoms with E-state index in [2.05, 4.69) is 15.9 Å². The molecule has 3 atom stereocenters. The van der Waals surface area contributed by atoms with Gasteiger partial charge in [0.05, 0.1) is 23.6 Å². The van der Waals surface area contributed by atoms with Gasteiger partial charge in [0.2, 0.25) is 29.0 Å². The molecule has 3 aromatic rings. The molecule has 0 unspecified atom stereocenters. The van der Waals surface area contributed by atoms with Crippen molar-refractivity contribution < 1.29 is 28.3 Å². The second kappa shape index (κ2) is 7.25. The molecule has 0 aromatic heterocycles. The van der Waals surface area contributed by atoms with Crippen molar-refractivity contribution in [1.82, 2.24) is 0 Å². The van der Waals surface area contributed by atoms with Crippen LogP contribution in [0.1, 0.15) is 32.4 Å². The second-order valence-electron chi connectivity index (χ2n) is 8.52. The van der Waals surface area contributed by atoms with Gasteiger partial charge in [-0.3, -0.25) is 19.2 Å². The van der Waals surface area contributed by atoms with E-state index in [9.17, 15) is 23.6 Å². The fraction of sp³-hybridized carbons (Fsp3) is 0.154. The average Bonchev–Trinajstić information content (AvgIpc) is 3.40. The maximum atomic E-state index is 14.1. The first-order valence-corrected chi connectivity index (χ1v) is 11.4. The van der Waals surface area contributed by atoms with Crippen molar-refractivity contribution in [3.8, 4) is 0 Å². The quantitative estimate of drug-likeness (QED) is 0.372. The van der Waals surface area contributed by atoms with Gasteiger partial charge in [-0.2, -0.15) is 0 Å². The van der Waals surface area contributed by atoms with Crippen LogP contribution in [0.15, 0.2) is 77.3 Å². The predicted molar refractivity (Wildman–Crippen MR) is 122 cm³/mol. The fourth-order valence-electron chi connectivity index (χ4n) is 5.35. The SMILES string of the molecule is O=C1[C@@H]2[C@H](c3cccc(F)c3)OC3(C(=O)c4ccccc4C3=O)[C@H]2C(=O)N1c1ccc(Br)cc1. The van der Waals surface area contributed by atoms with Crippen molar-refractivity contribution in [2.24, 2.45) is 11.8 Å². The Morgan fingerprint density at radius 2 is 1.47 bits per heavy atom. The number of halogens is 2. The topological polar surface area (TPSA) is 80.8 Å². The van der Waals surface area contributed by atoms with Crippen LogP contribution >= 0.6 is 15.9 Å². The molecule has 8 heteroatoms. The third kappa shape index (κ3) is 2.63. The number of Topliss-reactive ketones (excluding diaryl/α,β-unsaturated/α-hetero) is 2. The number of nitrogens with zero attached hydrogens (tertiary/aromatic N) is 1. The zero-order valence-electron chi connectivity index (χ0n) is 17.4. The van der Waals surface area contributed by atoms with E-state index in [1.54, 1.807) is 42.5 Å².